The van der Waals surface area contributed by atoms with Crippen LogP contribution in [0.4, 0.5) is 5.95 Å². The van der Waals surface area contributed by atoms with E-state index in [0.29, 0.717) is 17.6 Å². The van der Waals surface area contributed by atoms with Crippen molar-refractivity contribution in [3.8, 4) is 0 Å². The Morgan fingerprint density at radius 1 is 1.60 bits per heavy atom. The number of aliphatic hydroxyl groups excluding tert-OH is 2. The van der Waals surface area contributed by atoms with E-state index in [9.17, 15) is 15.0 Å². The zero-order chi connectivity index (χ0) is 14.4. The number of aromatic nitrogens is 4. The summed E-state index contributed by atoms with van der Waals surface area (Å²) in [7, 11) is 0. The lowest BCUT2D eigenvalue weighted by molar-refractivity contribution is 0.101. The van der Waals surface area contributed by atoms with Crippen molar-refractivity contribution in [2.45, 2.75) is 18.6 Å². The van der Waals surface area contributed by atoms with E-state index in [1.807, 2.05) is 0 Å². The van der Waals surface area contributed by atoms with Gasteiger partial charge in [-0.2, -0.15) is 4.98 Å². The van der Waals surface area contributed by atoms with Gasteiger partial charge in [-0.25, -0.2) is 4.98 Å². The minimum atomic E-state index is -0.672. The molecule has 0 bridgehead atoms. The lowest BCUT2D eigenvalue weighted by atomic mass is 10.0. The molecule has 20 heavy (non-hydrogen) atoms. The molecule has 0 aromatic carbocycles. The molecule has 0 amide bonds. The van der Waals surface area contributed by atoms with E-state index in [2.05, 4.69) is 21.5 Å². The van der Waals surface area contributed by atoms with E-state index in [0.717, 1.165) is 0 Å². The Hall–Kier alpha value is -2.19. The molecule has 1 aliphatic carbocycles. The van der Waals surface area contributed by atoms with Gasteiger partial charge in [0.15, 0.2) is 11.2 Å². The predicted molar refractivity (Wildman–Crippen MR) is 71.9 cm³/mol. The molecule has 1 unspecified atom stereocenters. The first-order chi connectivity index (χ1) is 9.52. The van der Waals surface area contributed by atoms with Crippen LogP contribution >= 0.6 is 0 Å². The van der Waals surface area contributed by atoms with E-state index < -0.39 is 11.7 Å². The average molecular weight is 277 g/mol. The van der Waals surface area contributed by atoms with Crippen LogP contribution in [0.2, 0.25) is 0 Å². The number of hydrogen-bond acceptors (Lipinski definition) is 6. The van der Waals surface area contributed by atoms with Gasteiger partial charge < -0.3 is 20.5 Å². The van der Waals surface area contributed by atoms with Crippen molar-refractivity contribution < 1.29 is 10.2 Å². The molecular weight excluding hydrogens is 262 g/mol. The van der Waals surface area contributed by atoms with Crippen LogP contribution in [-0.2, 0) is 0 Å². The fourth-order valence-corrected chi connectivity index (χ4v) is 2.74. The third-order valence-corrected chi connectivity index (χ3v) is 3.82. The molecule has 0 radical (unpaired) electrons. The van der Waals surface area contributed by atoms with Gasteiger partial charge in [-0.3, -0.25) is 9.78 Å². The Morgan fingerprint density at radius 2 is 2.35 bits per heavy atom. The van der Waals surface area contributed by atoms with Gasteiger partial charge in [-0.05, 0) is 12.0 Å². The molecule has 3 atom stereocenters. The van der Waals surface area contributed by atoms with Gasteiger partial charge in [-0.1, -0.05) is 6.58 Å². The third-order valence-electron chi connectivity index (χ3n) is 3.82. The molecular formula is C12H15N5O3. The smallest absolute Gasteiger partial charge is 0.280 e. The van der Waals surface area contributed by atoms with E-state index >= 15 is 0 Å². The van der Waals surface area contributed by atoms with E-state index in [1.54, 1.807) is 4.57 Å². The fraction of sp³-hybridized carbons (Fsp3) is 0.417. The summed E-state index contributed by atoms with van der Waals surface area (Å²) in [6.45, 7) is 3.76. The van der Waals surface area contributed by atoms with Gasteiger partial charge >= 0.3 is 0 Å². The van der Waals surface area contributed by atoms with E-state index in [-0.39, 0.29) is 30.0 Å². The number of hydrogen-bond donors (Lipinski definition) is 4. The van der Waals surface area contributed by atoms with Gasteiger partial charge in [0.2, 0.25) is 5.95 Å². The molecule has 0 saturated heterocycles. The fourth-order valence-electron chi connectivity index (χ4n) is 2.74. The molecule has 0 aliphatic heterocycles. The van der Waals surface area contributed by atoms with Crippen LogP contribution in [0.15, 0.2) is 23.3 Å². The Bertz CT molecular complexity index is 734. The van der Waals surface area contributed by atoms with Crippen molar-refractivity contribution in [3.05, 3.63) is 28.8 Å². The number of nitrogens with one attached hydrogen (secondary N) is 1. The second kappa shape index (κ2) is 4.43. The third kappa shape index (κ3) is 1.73. The maximum absolute atomic E-state index is 11.7. The van der Waals surface area contributed by atoms with Crippen molar-refractivity contribution in [1.29, 1.82) is 0 Å². The van der Waals surface area contributed by atoms with Crippen molar-refractivity contribution in [1.82, 2.24) is 19.5 Å². The summed E-state index contributed by atoms with van der Waals surface area (Å²) in [5.74, 6) is -0.371. The summed E-state index contributed by atoms with van der Waals surface area (Å²) in [6, 6.07) is -0.263. The number of imidazole rings is 1. The number of rotatable bonds is 2. The molecule has 106 valence electrons. The first-order valence-corrected chi connectivity index (χ1v) is 6.23. The molecule has 2 heterocycles. The van der Waals surface area contributed by atoms with Gasteiger partial charge in [0.25, 0.3) is 5.56 Å². The minimum Gasteiger partial charge on any atom is -0.396 e. The highest BCUT2D eigenvalue weighted by Gasteiger charge is 2.37. The number of nitrogen functional groups attached to an aromatic ring is 1. The summed E-state index contributed by atoms with van der Waals surface area (Å²) in [6.07, 6.45) is 1.20. The van der Waals surface area contributed by atoms with Crippen LogP contribution < -0.4 is 11.3 Å². The predicted octanol–water partition coefficient (Wildman–Crippen LogP) is -0.828. The first kappa shape index (κ1) is 12.8. The largest absolute Gasteiger partial charge is 0.396 e. The van der Waals surface area contributed by atoms with Crippen LogP contribution in [-0.4, -0.2) is 42.4 Å². The maximum atomic E-state index is 11.7. The van der Waals surface area contributed by atoms with Crippen molar-refractivity contribution in [2.24, 2.45) is 5.92 Å². The van der Waals surface area contributed by atoms with Crippen LogP contribution in [0, 0.1) is 5.92 Å². The zero-order valence-corrected chi connectivity index (χ0v) is 10.7. The van der Waals surface area contributed by atoms with Gasteiger partial charge in [0.1, 0.15) is 0 Å². The molecule has 8 heteroatoms. The highest BCUT2D eigenvalue weighted by Crippen LogP contribution is 2.39. The Labute approximate surface area is 113 Å². The molecule has 2 aromatic rings. The standard InChI is InChI=1S/C12H15N5O3/c1-5-6(3-18)8(19)2-7(5)17-4-14-9-10(17)15-12(13)16-11(9)20/h4,6-8,18-19H,1-3H2,(H3,13,15,16,20)/t6-,7-,8?/m0/s1. The molecule has 8 nitrogen and oxygen atoms in total. The van der Waals surface area contributed by atoms with E-state index in [4.69, 9.17) is 5.73 Å². The summed E-state index contributed by atoms with van der Waals surface area (Å²) in [5, 5.41) is 19.2. The zero-order valence-electron chi connectivity index (χ0n) is 10.7. The summed E-state index contributed by atoms with van der Waals surface area (Å²) < 4.78 is 1.67. The maximum Gasteiger partial charge on any atom is 0.280 e. The number of nitrogens with zero attached hydrogens (tertiary/aromatic N) is 3. The Morgan fingerprint density at radius 3 is 3.00 bits per heavy atom. The molecule has 5 N–H and O–H groups in total. The molecule has 0 spiro atoms. The normalized spacial score (nSPS) is 26.5. The van der Waals surface area contributed by atoms with Gasteiger partial charge in [0, 0.05) is 5.92 Å². The highest BCUT2D eigenvalue weighted by atomic mass is 16.3. The first-order valence-electron chi connectivity index (χ1n) is 6.23. The molecule has 1 saturated carbocycles. The minimum absolute atomic E-state index is 0.00659. The second-order valence-corrected chi connectivity index (χ2v) is 4.96. The lowest BCUT2D eigenvalue weighted by Crippen LogP contribution is -2.17. The number of nitrogens with two attached hydrogens (primary N) is 1. The molecule has 3 rings (SSSR count). The van der Waals surface area contributed by atoms with Gasteiger partial charge in [0.05, 0.1) is 25.1 Å². The monoisotopic (exact) mass is 277 g/mol. The number of fused-ring (bicyclic) bond motifs is 1. The molecule has 1 fully saturated rings. The number of aromatic amines is 1. The SMILES string of the molecule is C=C1[C@H](CO)C(O)C[C@@H]1n1cnc2c(=O)[nH]c(N)nc21. The quantitative estimate of drug-likeness (QED) is 0.530. The van der Waals surface area contributed by atoms with Crippen molar-refractivity contribution >= 4 is 17.1 Å². The Kier molecular flexibility index (Phi) is 2.84. The van der Waals surface area contributed by atoms with Crippen LogP contribution in [0.1, 0.15) is 12.5 Å². The highest BCUT2D eigenvalue weighted by molar-refractivity contribution is 5.70. The number of anilines is 1. The summed E-state index contributed by atoms with van der Waals surface area (Å²) in [4.78, 5) is 22.2. The number of aliphatic hydroxyl groups is 2. The van der Waals surface area contributed by atoms with Crippen molar-refractivity contribution in [2.75, 3.05) is 12.3 Å². The molecule has 1 aliphatic rings. The summed E-state index contributed by atoms with van der Waals surface area (Å²) in [5.41, 5.74) is 6.37. The van der Waals surface area contributed by atoms with Gasteiger partial charge in [-0.15, -0.1) is 0 Å². The van der Waals surface area contributed by atoms with E-state index in [1.165, 1.54) is 6.33 Å². The average Bonchev–Trinajstić information content (AvgIpc) is 2.91. The topological polar surface area (TPSA) is 130 Å². The van der Waals surface area contributed by atoms with Crippen LogP contribution in [0.3, 0.4) is 0 Å². The molecule has 2 aromatic heterocycles. The van der Waals surface area contributed by atoms with Crippen LogP contribution in [0.5, 0.6) is 0 Å². The number of H-pyrrole nitrogens is 1. The van der Waals surface area contributed by atoms with Crippen LogP contribution in [0.25, 0.3) is 11.2 Å². The second-order valence-electron chi connectivity index (χ2n) is 4.96. The lowest BCUT2D eigenvalue weighted by Gasteiger charge is -2.15. The van der Waals surface area contributed by atoms with Crippen molar-refractivity contribution in [3.63, 3.8) is 0 Å². The Balaban J connectivity index is 2.12. The summed E-state index contributed by atoms with van der Waals surface area (Å²) >= 11 is 0.